The van der Waals surface area contributed by atoms with Gasteiger partial charge in [0, 0.05) is 11.4 Å². The highest BCUT2D eigenvalue weighted by molar-refractivity contribution is 7.98. The van der Waals surface area contributed by atoms with Crippen LogP contribution in [0.25, 0.3) is 0 Å². The lowest BCUT2D eigenvalue weighted by Gasteiger charge is -2.29. The summed E-state index contributed by atoms with van der Waals surface area (Å²) < 4.78 is 5.96. The molecule has 0 aromatic heterocycles. The first-order valence-corrected chi connectivity index (χ1v) is 7.05. The van der Waals surface area contributed by atoms with Crippen LogP contribution in [0.15, 0.2) is 29.2 Å². The van der Waals surface area contributed by atoms with Gasteiger partial charge in [0.25, 0.3) is 0 Å². The maximum absolute atomic E-state index is 5.96. The molecule has 1 aliphatic rings. The molecule has 1 saturated heterocycles. The SMILES string of the molecule is CSc1ccc(C2CCCC(CN)O2)cc1. The molecule has 2 unspecified atom stereocenters. The van der Waals surface area contributed by atoms with Crippen LogP contribution in [0.1, 0.15) is 30.9 Å². The Hall–Kier alpha value is -0.510. The fourth-order valence-electron chi connectivity index (χ4n) is 2.14. The molecule has 16 heavy (non-hydrogen) atoms. The van der Waals surface area contributed by atoms with Crippen LogP contribution >= 0.6 is 11.8 Å². The molecule has 0 radical (unpaired) electrons. The van der Waals surface area contributed by atoms with Gasteiger partial charge in [-0.1, -0.05) is 12.1 Å². The zero-order valence-corrected chi connectivity index (χ0v) is 10.5. The first-order chi connectivity index (χ1) is 7.83. The molecule has 0 amide bonds. The number of ether oxygens (including phenoxy) is 1. The van der Waals surface area contributed by atoms with Crippen LogP contribution < -0.4 is 5.73 Å². The largest absolute Gasteiger partial charge is 0.369 e. The number of thioether (sulfide) groups is 1. The second-order valence-electron chi connectivity index (χ2n) is 4.19. The summed E-state index contributed by atoms with van der Waals surface area (Å²) in [5.74, 6) is 0. The van der Waals surface area contributed by atoms with Gasteiger partial charge in [0.2, 0.25) is 0 Å². The van der Waals surface area contributed by atoms with E-state index in [9.17, 15) is 0 Å². The first-order valence-electron chi connectivity index (χ1n) is 5.83. The number of nitrogens with two attached hydrogens (primary N) is 1. The summed E-state index contributed by atoms with van der Waals surface area (Å²) in [6, 6.07) is 8.68. The van der Waals surface area contributed by atoms with Gasteiger partial charge in [-0.25, -0.2) is 0 Å². The molecule has 2 atom stereocenters. The molecule has 3 heteroatoms. The summed E-state index contributed by atoms with van der Waals surface area (Å²) in [7, 11) is 0. The van der Waals surface area contributed by atoms with E-state index < -0.39 is 0 Å². The average molecular weight is 237 g/mol. The molecule has 2 rings (SSSR count). The monoisotopic (exact) mass is 237 g/mol. The van der Waals surface area contributed by atoms with Gasteiger partial charge in [0.05, 0.1) is 12.2 Å². The van der Waals surface area contributed by atoms with Crippen molar-refractivity contribution >= 4 is 11.8 Å². The summed E-state index contributed by atoms with van der Waals surface area (Å²) >= 11 is 1.77. The van der Waals surface area contributed by atoms with Gasteiger partial charge in [-0.3, -0.25) is 0 Å². The third kappa shape index (κ3) is 2.78. The fourth-order valence-corrected chi connectivity index (χ4v) is 2.54. The molecule has 0 spiro atoms. The van der Waals surface area contributed by atoms with Gasteiger partial charge in [-0.05, 0) is 43.2 Å². The lowest BCUT2D eigenvalue weighted by molar-refractivity contribution is -0.0462. The third-order valence-corrected chi connectivity index (χ3v) is 3.84. The zero-order valence-electron chi connectivity index (χ0n) is 9.69. The lowest BCUT2D eigenvalue weighted by atomic mass is 9.98. The Labute approximate surface area is 102 Å². The van der Waals surface area contributed by atoms with Crippen LogP contribution in [0.4, 0.5) is 0 Å². The predicted molar refractivity (Wildman–Crippen MR) is 68.7 cm³/mol. The highest BCUT2D eigenvalue weighted by Gasteiger charge is 2.22. The van der Waals surface area contributed by atoms with E-state index in [2.05, 4.69) is 30.5 Å². The van der Waals surface area contributed by atoms with Crippen molar-refractivity contribution in [2.45, 2.75) is 36.4 Å². The number of hydrogen-bond acceptors (Lipinski definition) is 3. The fraction of sp³-hybridized carbons (Fsp3) is 0.538. The molecule has 0 saturated carbocycles. The van der Waals surface area contributed by atoms with Gasteiger partial charge in [0.15, 0.2) is 0 Å². The molecule has 1 aromatic rings. The second kappa shape index (κ2) is 5.71. The summed E-state index contributed by atoms with van der Waals surface area (Å²) in [4.78, 5) is 1.30. The Balaban J connectivity index is 2.05. The van der Waals surface area contributed by atoms with Crippen molar-refractivity contribution in [3.8, 4) is 0 Å². The molecule has 0 bridgehead atoms. The molecule has 1 heterocycles. The molecule has 2 N–H and O–H groups in total. The van der Waals surface area contributed by atoms with E-state index >= 15 is 0 Å². The van der Waals surface area contributed by atoms with Crippen molar-refractivity contribution in [3.63, 3.8) is 0 Å². The third-order valence-electron chi connectivity index (χ3n) is 3.10. The van der Waals surface area contributed by atoms with Crippen LogP contribution in [-0.2, 0) is 4.74 Å². The Morgan fingerprint density at radius 3 is 2.69 bits per heavy atom. The van der Waals surface area contributed by atoms with E-state index in [-0.39, 0.29) is 12.2 Å². The van der Waals surface area contributed by atoms with E-state index in [1.807, 2.05) is 0 Å². The average Bonchev–Trinajstić information content (AvgIpc) is 2.39. The molecule has 1 aromatic carbocycles. The van der Waals surface area contributed by atoms with Gasteiger partial charge in [-0.2, -0.15) is 0 Å². The molecule has 88 valence electrons. The van der Waals surface area contributed by atoms with E-state index in [1.54, 1.807) is 11.8 Å². The summed E-state index contributed by atoms with van der Waals surface area (Å²) in [6.45, 7) is 0.638. The highest BCUT2D eigenvalue weighted by atomic mass is 32.2. The quantitative estimate of drug-likeness (QED) is 0.821. The Kier molecular flexibility index (Phi) is 4.27. The van der Waals surface area contributed by atoms with Crippen molar-refractivity contribution in [2.24, 2.45) is 5.73 Å². The zero-order chi connectivity index (χ0) is 11.4. The van der Waals surface area contributed by atoms with Crippen LogP contribution in [0, 0.1) is 0 Å². The lowest BCUT2D eigenvalue weighted by Crippen LogP contribution is -2.29. The van der Waals surface area contributed by atoms with E-state index in [4.69, 9.17) is 10.5 Å². The van der Waals surface area contributed by atoms with E-state index in [0.29, 0.717) is 6.54 Å². The predicted octanol–water partition coefficient (Wildman–Crippen LogP) is 2.98. The Bertz CT molecular complexity index is 325. The van der Waals surface area contributed by atoms with Gasteiger partial charge in [0.1, 0.15) is 0 Å². The van der Waals surface area contributed by atoms with Crippen molar-refractivity contribution in [3.05, 3.63) is 29.8 Å². The van der Waals surface area contributed by atoms with E-state index in [1.165, 1.54) is 16.9 Å². The minimum absolute atomic E-state index is 0.248. The highest BCUT2D eigenvalue weighted by Crippen LogP contribution is 2.31. The van der Waals surface area contributed by atoms with Crippen LogP contribution in [0.3, 0.4) is 0 Å². The topological polar surface area (TPSA) is 35.2 Å². The van der Waals surface area contributed by atoms with Crippen molar-refractivity contribution < 1.29 is 4.74 Å². The van der Waals surface area contributed by atoms with E-state index in [0.717, 1.165) is 12.8 Å². The van der Waals surface area contributed by atoms with Crippen molar-refractivity contribution in [1.29, 1.82) is 0 Å². The van der Waals surface area contributed by atoms with Crippen molar-refractivity contribution in [1.82, 2.24) is 0 Å². The normalized spacial score (nSPS) is 25.6. The molecule has 0 aliphatic carbocycles. The minimum atomic E-state index is 0.248. The van der Waals surface area contributed by atoms with Crippen LogP contribution in [0.5, 0.6) is 0 Å². The second-order valence-corrected chi connectivity index (χ2v) is 5.07. The maximum Gasteiger partial charge on any atom is 0.0829 e. The number of benzene rings is 1. The van der Waals surface area contributed by atoms with Crippen LogP contribution in [-0.4, -0.2) is 18.9 Å². The Morgan fingerprint density at radius 1 is 1.31 bits per heavy atom. The van der Waals surface area contributed by atoms with Gasteiger partial charge < -0.3 is 10.5 Å². The maximum atomic E-state index is 5.96. The molecule has 2 nitrogen and oxygen atoms in total. The molecule has 1 fully saturated rings. The van der Waals surface area contributed by atoms with Gasteiger partial charge >= 0.3 is 0 Å². The number of hydrogen-bond donors (Lipinski definition) is 1. The molecular formula is C13H19NOS. The molecule has 1 aliphatic heterocycles. The van der Waals surface area contributed by atoms with Crippen molar-refractivity contribution in [2.75, 3.05) is 12.8 Å². The summed E-state index contributed by atoms with van der Waals surface area (Å²) in [5, 5.41) is 0. The number of rotatable bonds is 3. The smallest absolute Gasteiger partial charge is 0.0829 e. The standard InChI is InChI=1S/C13H19NOS/c1-16-12-7-5-10(6-8-12)13-4-2-3-11(9-14)15-13/h5-8,11,13H,2-4,9,14H2,1H3. The summed E-state index contributed by atoms with van der Waals surface area (Å²) in [6.07, 6.45) is 6.04. The summed E-state index contributed by atoms with van der Waals surface area (Å²) in [5.41, 5.74) is 6.95. The molecular weight excluding hydrogens is 218 g/mol. The Morgan fingerprint density at radius 2 is 2.06 bits per heavy atom. The minimum Gasteiger partial charge on any atom is -0.369 e. The van der Waals surface area contributed by atoms with Crippen LogP contribution in [0.2, 0.25) is 0 Å². The van der Waals surface area contributed by atoms with Gasteiger partial charge in [-0.15, -0.1) is 11.8 Å². The first kappa shape index (κ1) is 12.0.